The molecule has 0 aromatic carbocycles. The van der Waals surface area contributed by atoms with Gasteiger partial charge in [-0.3, -0.25) is 10.2 Å². The predicted molar refractivity (Wildman–Crippen MR) is 33.5 cm³/mol. The van der Waals surface area contributed by atoms with Crippen LogP contribution < -0.4 is 10.9 Å². The summed E-state index contributed by atoms with van der Waals surface area (Å²) in [6.45, 7) is 2.83. The standard InChI is InChI=1S/C5H12N2O2/c1-5(2,9)4(8)7-6-3/h6,9H,1-3H3,(H,7,8). The van der Waals surface area contributed by atoms with Gasteiger partial charge in [-0.15, -0.1) is 0 Å². The van der Waals surface area contributed by atoms with Crippen LogP contribution in [0, 0.1) is 0 Å². The second-order valence-electron chi connectivity index (χ2n) is 2.26. The lowest BCUT2D eigenvalue weighted by atomic mass is 10.1. The second kappa shape index (κ2) is 2.80. The van der Waals surface area contributed by atoms with Crippen LogP contribution in [0.2, 0.25) is 0 Å². The highest BCUT2D eigenvalue weighted by atomic mass is 16.3. The zero-order valence-corrected chi connectivity index (χ0v) is 5.86. The van der Waals surface area contributed by atoms with Gasteiger partial charge in [0.1, 0.15) is 5.60 Å². The van der Waals surface area contributed by atoms with Crippen molar-refractivity contribution in [3.63, 3.8) is 0 Å². The highest BCUT2D eigenvalue weighted by Gasteiger charge is 2.22. The Kier molecular flexibility index (Phi) is 2.61. The van der Waals surface area contributed by atoms with E-state index in [2.05, 4.69) is 10.9 Å². The van der Waals surface area contributed by atoms with Gasteiger partial charge in [0.25, 0.3) is 5.91 Å². The van der Waals surface area contributed by atoms with E-state index in [0.717, 1.165) is 0 Å². The number of hydrogen-bond donors (Lipinski definition) is 3. The van der Waals surface area contributed by atoms with Crippen LogP contribution in [0.3, 0.4) is 0 Å². The molecule has 1 amide bonds. The zero-order valence-electron chi connectivity index (χ0n) is 5.86. The van der Waals surface area contributed by atoms with E-state index in [1.165, 1.54) is 13.8 Å². The van der Waals surface area contributed by atoms with Gasteiger partial charge in [0.05, 0.1) is 0 Å². The van der Waals surface area contributed by atoms with Crippen molar-refractivity contribution in [1.29, 1.82) is 0 Å². The van der Waals surface area contributed by atoms with Gasteiger partial charge in [-0.05, 0) is 13.8 Å². The zero-order chi connectivity index (χ0) is 7.49. The summed E-state index contributed by atoms with van der Waals surface area (Å²) in [6, 6.07) is 0. The lowest BCUT2D eigenvalue weighted by Gasteiger charge is -2.15. The topological polar surface area (TPSA) is 61.4 Å². The van der Waals surface area contributed by atoms with Crippen LogP contribution in [0.25, 0.3) is 0 Å². The summed E-state index contributed by atoms with van der Waals surface area (Å²) in [5.74, 6) is -0.440. The third kappa shape index (κ3) is 3.05. The van der Waals surface area contributed by atoms with Crippen LogP contribution in [0.4, 0.5) is 0 Å². The predicted octanol–water partition coefficient (Wildman–Crippen LogP) is -0.992. The largest absolute Gasteiger partial charge is 0.381 e. The van der Waals surface area contributed by atoms with Gasteiger partial charge in [0.15, 0.2) is 0 Å². The van der Waals surface area contributed by atoms with Gasteiger partial charge in [0, 0.05) is 7.05 Å². The molecule has 0 unspecified atom stereocenters. The number of nitrogens with one attached hydrogen (secondary N) is 2. The quantitative estimate of drug-likeness (QED) is 0.423. The molecule has 4 nitrogen and oxygen atoms in total. The minimum Gasteiger partial charge on any atom is -0.381 e. The molecule has 0 bridgehead atoms. The summed E-state index contributed by atoms with van der Waals surface area (Å²) in [4.78, 5) is 10.6. The van der Waals surface area contributed by atoms with E-state index in [1.54, 1.807) is 7.05 Å². The first-order valence-electron chi connectivity index (χ1n) is 2.68. The SMILES string of the molecule is CNNC(=O)C(C)(C)O. The van der Waals surface area contributed by atoms with Crippen molar-refractivity contribution in [3.05, 3.63) is 0 Å². The molecule has 0 saturated heterocycles. The van der Waals surface area contributed by atoms with Crippen molar-refractivity contribution in [3.8, 4) is 0 Å². The molecule has 4 heteroatoms. The molecule has 0 saturated carbocycles. The average molecular weight is 132 g/mol. The Morgan fingerprint density at radius 2 is 2.00 bits per heavy atom. The average Bonchev–Trinajstić information content (AvgIpc) is 1.64. The molecule has 0 aromatic heterocycles. The van der Waals surface area contributed by atoms with Crippen molar-refractivity contribution in [2.75, 3.05) is 7.05 Å². The molecule has 0 rings (SSSR count). The van der Waals surface area contributed by atoms with Crippen LogP contribution in [-0.2, 0) is 4.79 Å². The third-order valence-corrected chi connectivity index (χ3v) is 0.794. The minimum atomic E-state index is -1.30. The molecule has 0 spiro atoms. The van der Waals surface area contributed by atoms with Crippen molar-refractivity contribution < 1.29 is 9.90 Å². The fourth-order valence-corrected chi connectivity index (χ4v) is 0.266. The van der Waals surface area contributed by atoms with Crippen LogP contribution >= 0.6 is 0 Å². The van der Waals surface area contributed by atoms with E-state index in [1.807, 2.05) is 0 Å². The number of hydrogen-bond acceptors (Lipinski definition) is 3. The Hall–Kier alpha value is -0.610. The first kappa shape index (κ1) is 8.39. The molecule has 0 radical (unpaired) electrons. The Bertz CT molecular complexity index is 106. The molecular formula is C5H12N2O2. The Morgan fingerprint density at radius 1 is 1.56 bits per heavy atom. The summed E-state index contributed by atoms with van der Waals surface area (Å²) in [5.41, 5.74) is 3.36. The summed E-state index contributed by atoms with van der Waals surface area (Å²) in [5, 5.41) is 8.97. The van der Waals surface area contributed by atoms with Crippen molar-refractivity contribution in [2.24, 2.45) is 0 Å². The van der Waals surface area contributed by atoms with E-state index >= 15 is 0 Å². The van der Waals surface area contributed by atoms with Gasteiger partial charge in [0.2, 0.25) is 0 Å². The van der Waals surface area contributed by atoms with Crippen LogP contribution in [-0.4, -0.2) is 23.7 Å². The summed E-state index contributed by atoms with van der Waals surface area (Å²) < 4.78 is 0. The number of carbonyl (C=O) groups is 1. The Morgan fingerprint density at radius 3 is 2.11 bits per heavy atom. The molecule has 9 heavy (non-hydrogen) atoms. The number of hydrazine groups is 1. The molecule has 0 aliphatic carbocycles. The van der Waals surface area contributed by atoms with Crippen LogP contribution in [0.1, 0.15) is 13.8 Å². The molecule has 0 atom stereocenters. The van der Waals surface area contributed by atoms with E-state index < -0.39 is 11.5 Å². The van der Waals surface area contributed by atoms with Gasteiger partial charge in [-0.25, -0.2) is 5.43 Å². The number of aliphatic hydroxyl groups is 1. The smallest absolute Gasteiger partial charge is 0.265 e. The lowest BCUT2D eigenvalue weighted by molar-refractivity contribution is -0.137. The highest BCUT2D eigenvalue weighted by Crippen LogP contribution is 1.97. The van der Waals surface area contributed by atoms with E-state index in [0.29, 0.717) is 0 Å². The number of amides is 1. The molecular weight excluding hydrogens is 120 g/mol. The fourth-order valence-electron chi connectivity index (χ4n) is 0.266. The second-order valence-corrected chi connectivity index (χ2v) is 2.26. The van der Waals surface area contributed by atoms with Gasteiger partial charge in [-0.1, -0.05) is 0 Å². The van der Waals surface area contributed by atoms with E-state index in [9.17, 15) is 4.79 Å². The molecule has 0 aliphatic heterocycles. The fraction of sp³-hybridized carbons (Fsp3) is 0.800. The van der Waals surface area contributed by atoms with Crippen molar-refractivity contribution >= 4 is 5.91 Å². The maximum absolute atomic E-state index is 10.6. The van der Waals surface area contributed by atoms with Crippen LogP contribution in [0.5, 0.6) is 0 Å². The van der Waals surface area contributed by atoms with Gasteiger partial charge < -0.3 is 5.11 Å². The molecule has 54 valence electrons. The van der Waals surface area contributed by atoms with Crippen molar-refractivity contribution in [2.45, 2.75) is 19.4 Å². The maximum Gasteiger partial charge on any atom is 0.265 e. The summed E-state index contributed by atoms with van der Waals surface area (Å²) >= 11 is 0. The lowest BCUT2D eigenvalue weighted by Crippen LogP contribution is -2.46. The van der Waals surface area contributed by atoms with Gasteiger partial charge >= 0.3 is 0 Å². The molecule has 0 aliphatic rings. The summed E-state index contributed by atoms with van der Waals surface area (Å²) in [6.07, 6.45) is 0. The Labute approximate surface area is 54.2 Å². The van der Waals surface area contributed by atoms with Gasteiger partial charge in [-0.2, -0.15) is 0 Å². The molecule has 3 N–H and O–H groups in total. The first-order valence-corrected chi connectivity index (χ1v) is 2.68. The monoisotopic (exact) mass is 132 g/mol. The van der Waals surface area contributed by atoms with E-state index in [-0.39, 0.29) is 0 Å². The van der Waals surface area contributed by atoms with E-state index in [4.69, 9.17) is 5.11 Å². The maximum atomic E-state index is 10.6. The normalized spacial score (nSPS) is 11.1. The first-order chi connectivity index (χ1) is 3.98. The minimum absolute atomic E-state index is 0.440. The molecule has 0 aromatic rings. The number of carbonyl (C=O) groups excluding carboxylic acids is 1. The Balaban J connectivity index is 3.74. The summed E-state index contributed by atoms with van der Waals surface area (Å²) in [7, 11) is 1.56. The third-order valence-electron chi connectivity index (χ3n) is 0.794. The van der Waals surface area contributed by atoms with Crippen LogP contribution in [0.15, 0.2) is 0 Å². The highest BCUT2D eigenvalue weighted by molar-refractivity contribution is 5.83. The number of rotatable bonds is 2. The van der Waals surface area contributed by atoms with Crippen molar-refractivity contribution in [1.82, 2.24) is 10.9 Å². The molecule has 0 heterocycles. The molecule has 0 fully saturated rings.